The van der Waals surface area contributed by atoms with E-state index in [1.165, 1.54) is 11.3 Å². The first-order valence-electron chi connectivity index (χ1n) is 5.57. The molecule has 0 aliphatic heterocycles. The number of nitrogens with one attached hydrogen (secondary N) is 1. The summed E-state index contributed by atoms with van der Waals surface area (Å²) in [5, 5.41) is 1.89. The molecule has 0 bridgehead atoms. The number of thioether (sulfide) groups is 1. The Labute approximate surface area is 126 Å². The van der Waals surface area contributed by atoms with Gasteiger partial charge in [-0.1, -0.05) is 15.9 Å². The fourth-order valence-electron chi connectivity index (χ4n) is 1.67. The summed E-state index contributed by atoms with van der Waals surface area (Å²) in [7, 11) is 0. The average Bonchev–Trinajstić information content (AvgIpc) is 2.87. The van der Waals surface area contributed by atoms with Gasteiger partial charge in [-0.15, -0.1) is 23.1 Å². The van der Waals surface area contributed by atoms with Gasteiger partial charge in [-0.25, -0.2) is 4.98 Å². The normalized spacial score (nSPS) is 11.0. The lowest BCUT2D eigenvalue weighted by Crippen LogP contribution is -2.09. The predicted molar refractivity (Wildman–Crippen MR) is 83.9 cm³/mol. The molecule has 0 unspecified atom stereocenters. The first kappa shape index (κ1) is 12.9. The summed E-state index contributed by atoms with van der Waals surface area (Å²) in [5.74, 6) is 1.37. The van der Waals surface area contributed by atoms with Crippen LogP contribution in [0.1, 0.15) is 5.82 Å². The lowest BCUT2D eigenvalue weighted by molar-refractivity contribution is 1.04. The third kappa shape index (κ3) is 2.91. The highest BCUT2D eigenvalue weighted by molar-refractivity contribution is 9.10. The number of aromatic nitrogens is 2. The van der Waals surface area contributed by atoms with Crippen LogP contribution in [0.5, 0.6) is 0 Å². The Kier molecular flexibility index (Phi) is 3.72. The van der Waals surface area contributed by atoms with Crippen molar-refractivity contribution in [1.29, 1.82) is 0 Å². The third-order valence-electron chi connectivity index (χ3n) is 2.55. The van der Waals surface area contributed by atoms with Crippen molar-refractivity contribution in [3.8, 4) is 0 Å². The Hall–Kier alpha value is -1.11. The van der Waals surface area contributed by atoms with E-state index in [-0.39, 0.29) is 5.56 Å². The number of aromatic amines is 1. The number of halogens is 1. The molecule has 2 aromatic heterocycles. The molecule has 6 heteroatoms. The van der Waals surface area contributed by atoms with Gasteiger partial charge in [0.1, 0.15) is 10.5 Å². The van der Waals surface area contributed by atoms with E-state index < -0.39 is 0 Å². The number of nitrogens with zero attached hydrogens (tertiary/aromatic N) is 1. The maximum atomic E-state index is 11.8. The highest BCUT2D eigenvalue weighted by atomic mass is 79.9. The van der Waals surface area contributed by atoms with E-state index in [2.05, 4.69) is 25.9 Å². The molecule has 2 heterocycles. The number of hydrogen-bond acceptors (Lipinski definition) is 4. The minimum atomic E-state index is -0.0496. The highest BCUT2D eigenvalue weighted by Gasteiger charge is 2.05. The smallest absolute Gasteiger partial charge is 0.268 e. The number of benzene rings is 1. The summed E-state index contributed by atoms with van der Waals surface area (Å²) in [6.45, 7) is 0. The zero-order chi connectivity index (χ0) is 13.2. The molecule has 0 spiro atoms. The fourth-order valence-corrected chi connectivity index (χ4v) is 3.43. The van der Waals surface area contributed by atoms with Gasteiger partial charge in [0.05, 0.1) is 11.3 Å². The molecular formula is C13H9BrN2OS2. The standard InChI is InChI=1S/C13H9BrN2OS2/c14-8-1-3-9(4-2-8)19-7-11-15-10-5-6-18-12(10)13(17)16-11/h1-6H,7H2,(H,15,16,17). The SMILES string of the molecule is O=c1[nH]c(CSc2ccc(Br)cc2)nc2ccsc12. The summed E-state index contributed by atoms with van der Waals surface area (Å²) >= 11 is 6.48. The molecule has 1 N–H and O–H groups in total. The van der Waals surface area contributed by atoms with E-state index >= 15 is 0 Å². The molecule has 1 aromatic carbocycles. The molecule has 19 heavy (non-hydrogen) atoms. The van der Waals surface area contributed by atoms with E-state index in [4.69, 9.17) is 0 Å². The summed E-state index contributed by atoms with van der Waals surface area (Å²) in [6.07, 6.45) is 0. The van der Waals surface area contributed by atoms with Crippen molar-refractivity contribution in [3.63, 3.8) is 0 Å². The zero-order valence-electron chi connectivity index (χ0n) is 9.72. The van der Waals surface area contributed by atoms with Gasteiger partial charge in [0.2, 0.25) is 0 Å². The van der Waals surface area contributed by atoms with Crippen LogP contribution in [0.4, 0.5) is 0 Å². The number of H-pyrrole nitrogens is 1. The second kappa shape index (κ2) is 5.48. The van der Waals surface area contributed by atoms with Gasteiger partial charge in [-0.05, 0) is 35.7 Å². The largest absolute Gasteiger partial charge is 0.309 e. The molecule has 0 saturated carbocycles. The van der Waals surface area contributed by atoms with Gasteiger partial charge in [0.15, 0.2) is 0 Å². The van der Waals surface area contributed by atoms with Gasteiger partial charge in [-0.3, -0.25) is 4.79 Å². The molecule has 0 fully saturated rings. The van der Waals surface area contributed by atoms with Crippen molar-refractivity contribution >= 4 is 49.2 Å². The van der Waals surface area contributed by atoms with Crippen molar-refractivity contribution in [2.45, 2.75) is 10.6 Å². The van der Waals surface area contributed by atoms with E-state index in [0.29, 0.717) is 16.3 Å². The first-order valence-corrected chi connectivity index (χ1v) is 8.23. The maximum absolute atomic E-state index is 11.8. The van der Waals surface area contributed by atoms with Crippen LogP contribution in [-0.2, 0) is 5.75 Å². The molecule has 3 nitrogen and oxygen atoms in total. The fraction of sp³-hybridized carbons (Fsp3) is 0.0769. The molecule has 0 atom stereocenters. The topological polar surface area (TPSA) is 45.8 Å². The van der Waals surface area contributed by atoms with Crippen molar-refractivity contribution in [2.75, 3.05) is 0 Å². The van der Waals surface area contributed by atoms with Crippen LogP contribution in [-0.4, -0.2) is 9.97 Å². The van der Waals surface area contributed by atoms with Crippen LogP contribution in [0.15, 0.2) is 49.9 Å². The summed E-state index contributed by atoms with van der Waals surface area (Å²) < 4.78 is 1.75. The molecule has 0 radical (unpaired) electrons. The minimum absolute atomic E-state index is 0.0496. The molecule has 0 aliphatic carbocycles. The average molecular weight is 353 g/mol. The Morgan fingerprint density at radius 1 is 1.26 bits per heavy atom. The van der Waals surface area contributed by atoms with E-state index in [0.717, 1.165) is 14.9 Å². The Morgan fingerprint density at radius 3 is 2.84 bits per heavy atom. The van der Waals surface area contributed by atoms with Gasteiger partial charge in [0.25, 0.3) is 5.56 Å². The van der Waals surface area contributed by atoms with Crippen LogP contribution in [0.25, 0.3) is 10.2 Å². The van der Waals surface area contributed by atoms with Gasteiger partial charge in [-0.2, -0.15) is 0 Å². The van der Waals surface area contributed by atoms with Crippen LogP contribution in [0, 0.1) is 0 Å². The molecule has 96 valence electrons. The number of fused-ring (bicyclic) bond motifs is 1. The monoisotopic (exact) mass is 352 g/mol. The number of hydrogen-bond donors (Lipinski definition) is 1. The second-order valence-corrected chi connectivity index (χ2v) is 6.77. The second-order valence-electron chi connectivity index (χ2n) is 3.89. The van der Waals surface area contributed by atoms with Gasteiger partial charge in [0, 0.05) is 9.37 Å². The van der Waals surface area contributed by atoms with E-state index in [1.54, 1.807) is 11.8 Å². The van der Waals surface area contributed by atoms with E-state index in [9.17, 15) is 4.79 Å². The number of rotatable bonds is 3. The quantitative estimate of drug-likeness (QED) is 0.723. The maximum Gasteiger partial charge on any atom is 0.268 e. The zero-order valence-corrected chi connectivity index (χ0v) is 12.9. The van der Waals surface area contributed by atoms with Crippen LogP contribution < -0.4 is 5.56 Å². The van der Waals surface area contributed by atoms with Crippen molar-refractivity contribution in [2.24, 2.45) is 0 Å². The van der Waals surface area contributed by atoms with Crippen molar-refractivity contribution < 1.29 is 0 Å². The Balaban J connectivity index is 1.81. The molecule has 0 amide bonds. The van der Waals surface area contributed by atoms with Crippen LogP contribution in [0.3, 0.4) is 0 Å². The Bertz CT molecular complexity index is 764. The third-order valence-corrected chi connectivity index (χ3v) is 5.01. The van der Waals surface area contributed by atoms with Crippen molar-refractivity contribution in [1.82, 2.24) is 9.97 Å². The van der Waals surface area contributed by atoms with Crippen LogP contribution in [0.2, 0.25) is 0 Å². The van der Waals surface area contributed by atoms with Crippen LogP contribution >= 0.6 is 39.0 Å². The summed E-state index contributed by atoms with van der Waals surface area (Å²) in [4.78, 5) is 20.3. The summed E-state index contributed by atoms with van der Waals surface area (Å²) in [6, 6.07) is 9.95. The number of thiophene rings is 1. The lowest BCUT2D eigenvalue weighted by Gasteiger charge is -2.02. The van der Waals surface area contributed by atoms with Gasteiger partial charge < -0.3 is 4.98 Å². The van der Waals surface area contributed by atoms with Crippen molar-refractivity contribution in [3.05, 3.63) is 56.4 Å². The predicted octanol–water partition coefficient (Wildman–Crippen LogP) is 4.04. The molecule has 0 saturated heterocycles. The lowest BCUT2D eigenvalue weighted by atomic mass is 10.4. The first-order chi connectivity index (χ1) is 9.22. The minimum Gasteiger partial charge on any atom is -0.309 e. The highest BCUT2D eigenvalue weighted by Crippen LogP contribution is 2.23. The van der Waals surface area contributed by atoms with E-state index in [1.807, 2.05) is 35.7 Å². The molecule has 3 aromatic rings. The molecular weight excluding hydrogens is 344 g/mol. The Morgan fingerprint density at radius 2 is 2.05 bits per heavy atom. The molecule has 3 rings (SSSR count). The summed E-state index contributed by atoms with van der Waals surface area (Å²) in [5.41, 5.74) is 0.728. The molecule has 0 aliphatic rings. The van der Waals surface area contributed by atoms with Gasteiger partial charge >= 0.3 is 0 Å².